The van der Waals surface area contributed by atoms with Crippen molar-refractivity contribution in [2.75, 3.05) is 13.1 Å². The predicted molar refractivity (Wildman–Crippen MR) is 51.2 cm³/mol. The monoisotopic (exact) mass is 176 g/mol. The third kappa shape index (κ3) is 2.17. The fourth-order valence-corrected chi connectivity index (χ4v) is 1.25. The summed E-state index contributed by atoms with van der Waals surface area (Å²) in [4.78, 5) is 0. The van der Waals surface area contributed by atoms with Crippen molar-refractivity contribution in [3.8, 4) is 6.07 Å². The van der Waals surface area contributed by atoms with Gasteiger partial charge in [0.1, 0.15) is 11.8 Å². The van der Waals surface area contributed by atoms with Crippen LogP contribution in [-0.4, -0.2) is 19.3 Å². The maximum Gasteiger partial charge on any atom is 0.120 e. The number of hydrogen-bond acceptors (Lipinski definition) is 4. The number of nitrogens with one attached hydrogen (secondary N) is 2. The summed E-state index contributed by atoms with van der Waals surface area (Å²) >= 11 is 0. The molecular weight excluding hydrogens is 164 g/mol. The highest BCUT2D eigenvalue weighted by Gasteiger charge is 2.09. The topological polar surface area (TPSA) is 85.7 Å². The molecule has 4 heteroatoms. The highest BCUT2D eigenvalue weighted by atomic mass is 14.9. The molecule has 0 saturated carbocycles. The van der Waals surface area contributed by atoms with Gasteiger partial charge in [-0.05, 0) is 18.5 Å². The van der Waals surface area contributed by atoms with Crippen LogP contribution in [0, 0.1) is 16.7 Å². The van der Waals surface area contributed by atoms with Crippen molar-refractivity contribution in [2.45, 2.75) is 6.42 Å². The van der Waals surface area contributed by atoms with Gasteiger partial charge in [0.15, 0.2) is 0 Å². The summed E-state index contributed by atoms with van der Waals surface area (Å²) in [6.45, 7) is 1.63. The van der Waals surface area contributed by atoms with Crippen molar-refractivity contribution >= 4 is 6.21 Å². The summed E-state index contributed by atoms with van der Waals surface area (Å²) in [6, 6.07) is 1.85. The van der Waals surface area contributed by atoms with Gasteiger partial charge in [-0.15, -0.1) is 0 Å². The van der Waals surface area contributed by atoms with E-state index in [9.17, 15) is 0 Å². The molecule has 1 aliphatic heterocycles. The molecule has 1 aliphatic rings. The van der Waals surface area contributed by atoms with E-state index in [0.29, 0.717) is 12.1 Å². The molecule has 0 bridgehead atoms. The van der Waals surface area contributed by atoms with Gasteiger partial charge in [-0.3, -0.25) is 0 Å². The Labute approximate surface area is 77.2 Å². The lowest BCUT2D eigenvalue weighted by Crippen LogP contribution is -2.24. The summed E-state index contributed by atoms with van der Waals surface area (Å²) < 4.78 is 0. The van der Waals surface area contributed by atoms with Crippen LogP contribution >= 0.6 is 0 Å². The minimum absolute atomic E-state index is 0.116. The average molecular weight is 176 g/mol. The SMILES string of the molecule is N#CC(N)=C(C=N)C1=CCCNC1. The molecule has 13 heavy (non-hydrogen) atoms. The number of hydrogen-bond donors (Lipinski definition) is 3. The zero-order valence-corrected chi connectivity index (χ0v) is 7.30. The van der Waals surface area contributed by atoms with E-state index in [2.05, 4.69) is 5.32 Å². The maximum atomic E-state index is 8.58. The minimum atomic E-state index is 0.116. The summed E-state index contributed by atoms with van der Waals surface area (Å²) in [5, 5.41) is 18.9. The Morgan fingerprint density at radius 2 is 2.54 bits per heavy atom. The van der Waals surface area contributed by atoms with Crippen molar-refractivity contribution < 1.29 is 0 Å². The van der Waals surface area contributed by atoms with Crippen LogP contribution in [0.25, 0.3) is 0 Å². The van der Waals surface area contributed by atoms with Crippen LogP contribution in [0.1, 0.15) is 6.42 Å². The fraction of sp³-hybridized carbons (Fsp3) is 0.333. The van der Waals surface area contributed by atoms with Gasteiger partial charge in [-0.25, -0.2) is 0 Å². The van der Waals surface area contributed by atoms with Crippen LogP contribution in [0.3, 0.4) is 0 Å². The number of rotatable bonds is 2. The van der Waals surface area contributed by atoms with Crippen LogP contribution in [0.15, 0.2) is 22.9 Å². The molecule has 0 saturated heterocycles. The Morgan fingerprint density at radius 1 is 1.77 bits per heavy atom. The van der Waals surface area contributed by atoms with Crippen molar-refractivity contribution in [3.63, 3.8) is 0 Å². The Kier molecular flexibility index (Phi) is 3.23. The summed E-state index contributed by atoms with van der Waals surface area (Å²) in [5.41, 5.74) is 7.05. The Balaban J connectivity index is 2.97. The highest BCUT2D eigenvalue weighted by Crippen LogP contribution is 2.12. The van der Waals surface area contributed by atoms with Gasteiger partial charge < -0.3 is 16.5 Å². The molecule has 0 amide bonds. The summed E-state index contributed by atoms with van der Waals surface area (Å²) in [5.74, 6) is 0. The van der Waals surface area contributed by atoms with E-state index in [0.717, 1.165) is 24.8 Å². The standard InChI is InChI=1S/C9H12N4/c10-4-8(9(12)5-11)7-2-1-3-13-6-7/h2,4,10,13H,1,3,6,12H2. The second-order valence-electron chi connectivity index (χ2n) is 2.78. The quantitative estimate of drug-likeness (QED) is 0.417. The van der Waals surface area contributed by atoms with Gasteiger partial charge >= 0.3 is 0 Å². The number of nitrogens with zero attached hydrogens (tertiary/aromatic N) is 1. The lowest BCUT2D eigenvalue weighted by molar-refractivity contribution is 0.709. The first kappa shape index (κ1) is 9.49. The van der Waals surface area contributed by atoms with E-state index in [-0.39, 0.29) is 5.70 Å². The van der Waals surface area contributed by atoms with Crippen molar-refractivity contribution in [1.29, 1.82) is 10.7 Å². The van der Waals surface area contributed by atoms with Gasteiger partial charge in [-0.1, -0.05) is 6.08 Å². The molecule has 1 rings (SSSR count). The van der Waals surface area contributed by atoms with Gasteiger partial charge in [0.2, 0.25) is 0 Å². The molecule has 0 aromatic heterocycles. The van der Waals surface area contributed by atoms with Crippen molar-refractivity contribution in [3.05, 3.63) is 22.9 Å². The van der Waals surface area contributed by atoms with E-state index < -0.39 is 0 Å². The summed E-state index contributed by atoms with van der Waals surface area (Å²) in [7, 11) is 0. The normalized spacial score (nSPS) is 18.2. The fourth-order valence-electron chi connectivity index (χ4n) is 1.25. The summed E-state index contributed by atoms with van der Waals surface area (Å²) in [6.07, 6.45) is 4.07. The highest BCUT2D eigenvalue weighted by molar-refractivity contribution is 5.84. The third-order valence-corrected chi connectivity index (χ3v) is 1.93. The molecule has 0 radical (unpaired) electrons. The Bertz CT molecular complexity index is 306. The van der Waals surface area contributed by atoms with Crippen molar-refractivity contribution in [1.82, 2.24) is 5.32 Å². The Hall–Kier alpha value is -1.60. The molecule has 0 atom stereocenters. The molecule has 1 heterocycles. The largest absolute Gasteiger partial charge is 0.390 e. The molecule has 0 aliphatic carbocycles. The van der Waals surface area contributed by atoms with Crippen LogP contribution in [-0.2, 0) is 0 Å². The van der Waals surface area contributed by atoms with E-state index in [1.54, 1.807) is 0 Å². The minimum Gasteiger partial charge on any atom is -0.390 e. The zero-order chi connectivity index (χ0) is 9.68. The average Bonchev–Trinajstić information content (AvgIpc) is 2.20. The molecule has 68 valence electrons. The van der Waals surface area contributed by atoms with Crippen LogP contribution in [0.2, 0.25) is 0 Å². The second-order valence-corrected chi connectivity index (χ2v) is 2.78. The lowest BCUT2D eigenvalue weighted by Gasteiger charge is -2.14. The molecule has 4 nitrogen and oxygen atoms in total. The van der Waals surface area contributed by atoms with Crippen LogP contribution < -0.4 is 11.1 Å². The van der Waals surface area contributed by atoms with Gasteiger partial charge in [-0.2, -0.15) is 5.26 Å². The smallest absolute Gasteiger partial charge is 0.120 e. The second kappa shape index (κ2) is 4.43. The zero-order valence-electron chi connectivity index (χ0n) is 7.30. The first-order chi connectivity index (χ1) is 6.29. The van der Waals surface area contributed by atoms with E-state index in [4.69, 9.17) is 16.4 Å². The van der Waals surface area contributed by atoms with Gasteiger partial charge in [0.05, 0.1) is 0 Å². The molecule has 0 unspecified atom stereocenters. The molecule has 0 aromatic rings. The first-order valence-corrected chi connectivity index (χ1v) is 4.10. The number of nitriles is 1. The van der Waals surface area contributed by atoms with E-state index >= 15 is 0 Å². The molecule has 4 N–H and O–H groups in total. The van der Waals surface area contributed by atoms with E-state index in [1.807, 2.05) is 12.1 Å². The van der Waals surface area contributed by atoms with E-state index in [1.165, 1.54) is 0 Å². The maximum absolute atomic E-state index is 8.58. The first-order valence-electron chi connectivity index (χ1n) is 4.10. The predicted octanol–water partition coefficient (Wildman–Crippen LogP) is 0.292. The molecule has 0 aromatic carbocycles. The van der Waals surface area contributed by atoms with Gasteiger partial charge in [0, 0.05) is 18.3 Å². The van der Waals surface area contributed by atoms with Crippen LogP contribution in [0.4, 0.5) is 0 Å². The molecule has 0 fully saturated rings. The van der Waals surface area contributed by atoms with Crippen LogP contribution in [0.5, 0.6) is 0 Å². The lowest BCUT2D eigenvalue weighted by atomic mass is 10.0. The number of allylic oxidation sites excluding steroid dienone is 1. The number of nitrogens with two attached hydrogens (primary N) is 1. The van der Waals surface area contributed by atoms with Gasteiger partial charge in [0.25, 0.3) is 0 Å². The van der Waals surface area contributed by atoms with Crippen molar-refractivity contribution in [2.24, 2.45) is 5.73 Å². The third-order valence-electron chi connectivity index (χ3n) is 1.93. The molecular formula is C9H12N4. The molecule has 0 spiro atoms. The Morgan fingerprint density at radius 3 is 3.00 bits per heavy atom.